The van der Waals surface area contributed by atoms with Crippen molar-refractivity contribution in [3.8, 4) is 12.3 Å². The van der Waals surface area contributed by atoms with Crippen molar-refractivity contribution in [2.45, 2.75) is 27.3 Å². The summed E-state index contributed by atoms with van der Waals surface area (Å²) in [7, 11) is 1.87. The molecule has 0 radical (unpaired) electrons. The Morgan fingerprint density at radius 1 is 1.16 bits per heavy atom. The molecule has 32 heavy (non-hydrogen) atoms. The van der Waals surface area contributed by atoms with Gasteiger partial charge in [-0.2, -0.15) is 0 Å². The molecule has 0 saturated carbocycles. The first-order chi connectivity index (χ1) is 15.3. The Kier molecular flexibility index (Phi) is 9.99. The minimum absolute atomic E-state index is 0.195. The van der Waals surface area contributed by atoms with Gasteiger partial charge in [-0.15, -0.1) is 12.3 Å². The highest BCUT2D eigenvalue weighted by Gasteiger charge is 2.23. The summed E-state index contributed by atoms with van der Waals surface area (Å²) < 4.78 is 3.46. The summed E-state index contributed by atoms with van der Waals surface area (Å²) in [6.45, 7) is 9.42. The van der Waals surface area contributed by atoms with Crippen LogP contribution in [0.5, 0.6) is 0 Å². The molecule has 2 aromatic rings. The minimum atomic E-state index is -0.195. The van der Waals surface area contributed by atoms with Crippen molar-refractivity contribution in [3.05, 3.63) is 67.5 Å². The van der Waals surface area contributed by atoms with Crippen LogP contribution in [0, 0.1) is 12.3 Å². The molecule has 0 spiro atoms. The van der Waals surface area contributed by atoms with Crippen LogP contribution in [-0.4, -0.2) is 40.4 Å². The zero-order valence-electron chi connectivity index (χ0n) is 18.9. The Balaban J connectivity index is 0.00000114. The van der Waals surface area contributed by atoms with Crippen LogP contribution in [0.4, 0.5) is 5.69 Å². The molecule has 0 bridgehead atoms. The molecule has 1 aliphatic heterocycles. The van der Waals surface area contributed by atoms with Crippen LogP contribution in [0.3, 0.4) is 0 Å². The summed E-state index contributed by atoms with van der Waals surface area (Å²) in [5.41, 5.74) is 2.38. The van der Waals surface area contributed by atoms with Crippen LogP contribution in [0.15, 0.2) is 41.2 Å². The van der Waals surface area contributed by atoms with Crippen LogP contribution in [-0.2, 0) is 13.6 Å². The Hall–Kier alpha value is -2.10. The highest BCUT2D eigenvalue weighted by molar-refractivity contribution is 6.35. The molecule has 5 nitrogen and oxygen atoms in total. The van der Waals surface area contributed by atoms with Crippen molar-refractivity contribution in [1.29, 1.82) is 0 Å². The third-order valence-electron chi connectivity index (χ3n) is 5.20. The Labute approximate surface area is 205 Å². The minimum Gasteiger partial charge on any atom is -0.368 e. The van der Waals surface area contributed by atoms with E-state index in [0.29, 0.717) is 16.6 Å². The average Bonchev–Trinajstić information content (AvgIpc) is 2.98. The molecule has 0 aliphatic carbocycles. The van der Waals surface area contributed by atoms with Gasteiger partial charge in [0.2, 0.25) is 0 Å². The van der Waals surface area contributed by atoms with Crippen molar-refractivity contribution < 1.29 is 0 Å². The van der Waals surface area contributed by atoms with E-state index in [1.54, 1.807) is 17.7 Å². The second-order valence-electron chi connectivity index (χ2n) is 7.26. The zero-order valence-corrected chi connectivity index (χ0v) is 21.2. The number of rotatable bonds is 5. The maximum atomic E-state index is 12.7. The molecule has 0 amide bonds. The maximum absolute atomic E-state index is 12.7. The molecule has 172 valence electrons. The topological polar surface area (TPSA) is 33.4 Å². The van der Waals surface area contributed by atoms with E-state index in [0.717, 1.165) is 43.3 Å². The summed E-state index contributed by atoms with van der Waals surface area (Å²) in [5.74, 6) is 2.25. The molecule has 1 fully saturated rings. The highest BCUT2D eigenvalue weighted by Crippen LogP contribution is 2.30. The smallest absolute Gasteiger partial charge is 0.290 e. The second kappa shape index (κ2) is 12.2. The van der Waals surface area contributed by atoms with Gasteiger partial charge in [0.05, 0.1) is 22.1 Å². The molecule has 8 heteroatoms. The normalized spacial score (nSPS) is 14.9. The number of benzene rings is 1. The van der Waals surface area contributed by atoms with Gasteiger partial charge in [-0.25, -0.2) is 4.68 Å². The number of aromatic nitrogens is 2. The fraction of sp³-hybridized carbons (Fsp3) is 0.375. The molecule has 1 aromatic carbocycles. The van der Waals surface area contributed by atoms with Gasteiger partial charge < -0.3 is 4.90 Å². The van der Waals surface area contributed by atoms with Gasteiger partial charge in [-0.1, -0.05) is 47.0 Å². The number of terminal acetylenes is 1. The molecule has 1 aliphatic rings. The molecule has 1 aromatic heterocycles. The van der Waals surface area contributed by atoms with E-state index in [-0.39, 0.29) is 10.6 Å². The molecule has 0 unspecified atom stereocenters. The summed E-state index contributed by atoms with van der Waals surface area (Å²) in [4.78, 5) is 17.2. The maximum Gasteiger partial charge on any atom is 0.290 e. The van der Waals surface area contributed by atoms with Gasteiger partial charge in [0, 0.05) is 44.8 Å². The highest BCUT2D eigenvalue weighted by atomic mass is 35.5. The van der Waals surface area contributed by atoms with E-state index >= 15 is 0 Å². The van der Waals surface area contributed by atoms with Gasteiger partial charge in [0.15, 0.2) is 0 Å². The molecule has 0 N–H and O–H groups in total. The zero-order chi connectivity index (χ0) is 23.8. The van der Waals surface area contributed by atoms with Gasteiger partial charge in [-0.3, -0.25) is 14.4 Å². The lowest BCUT2D eigenvalue weighted by Gasteiger charge is -2.36. The van der Waals surface area contributed by atoms with Crippen molar-refractivity contribution in [2.24, 2.45) is 7.05 Å². The summed E-state index contributed by atoms with van der Waals surface area (Å²) >= 11 is 18.9. The summed E-state index contributed by atoms with van der Waals surface area (Å²) in [6, 6.07) is 5.52. The molecule has 3 rings (SSSR count). The number of piperazine rings is 1. The van der Waals surface area contributed by atoms with Crippen molar-refractivity contribution in [2.75, 3.05) is 31.1 Å². The lowest BCUT2D eigenvalue weighted by atomic mass is 10.2. The van der Waals surface area contributed by atoms with Crippen molar-refractivity contribution in [3.63, 3.8) is 0 Å². The first-order valence-corrected chi connectivity index (χ1v) is 11.5. The van der Waals surface area contributed by atoms with Gasteiger partial charge >= 0.3 is 0 Å². The largest absolute Gasteiger partial charge is 0.368 e. The Bertz CT molecular complexity index is 1080. The summed E-state index contributed by atoms with van der Waals surface area (Å²) in [6.07, 6.45) is 10.3. The lowest BCUT2D eigenvalue weighted by Crippen LogP contribution is -2.46. The van der Waals surface area contributed by atoms with E-state index in [4.69, 9.17) is 34.8 Å². The number of anilines is 1. The lowest BCUT2D eigenvalue weighted by molar-refractivity contribution is 0.243. The SMILES string of the molecule is C#CC.C/C=C\C(=C/C)n1c(=O)c(Cl)c(CN2CCN(c3cc(Cl)ccc3Cl)CC2)n1C. The number of nitrogens with zero attached hydrogens (tertiary/aromatic N) is 4. The average molecular weight is 496 g/mol. The van der Waals surface area contributed by atoms with Crippen LogP contribution in [0.1, 0.15) is 26.5 Å². The predicted octanol–water partition coefficient (Wildman–Crippen LogP) is 5.55. The molecular formula is C24H29Cl3N4O. The molecule has 0 atom stereocenters. The van der Waals surface area contributed by atoms with Crippen LogP contribution in [0.2, 0.25) is 15.1 Å². The van der Waals surface area contributed by atoms with E-state index in [1.807, 2.05) is 55.9 Å². The number of allylic oxidation sites excluding steroid dienone is 4. The van der Waals surface area contributed by atoms with Crippen LogP contribution < -0.4 is 10.5 Å². The van der Waals surface area contributed by atoms with E-state index in [2.05, 4.69) is 22.1 Å². The Morgan fingerprint density at radius 2 is 1.78 bits per heavy atom. The Morgan fingerprint density at radius 3 is 2.34 bits per heavy atom. The van der Waals surface area contributed by atoms with E-state index in [1.165, 1.54) is 0 Å². The standard InChI is InChI=1S/C21H25Cl3N4O.C3H4/c1-4-6-16(5-2)28-21(29)20(24)19(25(28)3)14-26-9-11-27(12-10-26)18-13-15(22)7-8-17(18)23;1-3-2/h4-8,13H,9-12,14H2,1-3H3;1H,2H3/b6-4-,16-5+;. The summed E-state index contributed by atoms with van der Waals surface area (Å²) in [5, 5.41) is 1.65. The van der Waals surface area contributed by atoms with Crippen LogP contribution >= 0.6 is 34.8 Å². The fourth-order valence-electron chi connectivity index (χ4n) is 3.62. The van der Waals surface area contributed by atoms with Crippen molar-refractivity contribution >= 4 is 46.2 Å². The third kappa shape index (κ3) is 6.02. The third-order valence-corrected chi connectivity index (χ3v) is 6.13. The molecule has 2 heterocycles. The van der Waals surface area contributed by atoms with Gasteiger partial charge in [0.25, 0.3) is 5.56 Å². The molecular weight excluding hydrogens is 467 g/mol. The first-order valence-electron chi connectivity index (χ1n) is 10.3. The number of halogens is 3. The van der Waals surface area contributed by atoms with Crippen LogP contribution in [0.25, 0.3) is 5.70 Å². The van der Waals surface area contributed by atoms with Gasteiger partial charge in [-0.05, 0) is 45.0 Å². The fourth-order valence-corrected chi connectivity index (χ4v) is 4.29. The monoisotopic (exact) mass is 494 g/mol. The van der Waals surface area contributed by atoms with E-state index < -0.39 is 0 Å². The second-order valence-corrected chi connectivity index (χ2v) is 8.48. The van der Waals surface area contributed by atoms with Gasteiger partial charge in [0.1, 0.15) is 5.02 Å². The van der Waals surface area contributed by atoms with E-state index in [9.17, 15) is 4.79 Å². The molecule has 1 saturated heterocycles. The number of hydrogen-bond donors (Lipinski definition) is 0. The predicted molar refractivity (Wildman–Crippen MR) is 138 cm³/mol. The number of hydrogen-bond acceptors (Lipinski definition) is 3. The first kappa shape index (κ1) is 26.2. The quantitative estimate of drug-likeness (QED) is 0.403. The van der Waals surface area contributed by atoms with Crippen molar-refractivity contribution in [1.82, 2.24) is 14.3 Å².